The second kappa shape index (κ2) is 8.34. The molecule has 0 atom stereocenters. The summed E-state index contributed by atoms with van der Waals surface area (Å²) in [6.45, 7) is 2.08. The molecule has 0 aromatic heterocycles. The first-order valence-electron chi connectivity index (χ1n) is 7.58. The molecule has 1 aromatic carbocycles. The number of hydroxylamine groups is 1. The first kappa shape index (κ1) is 18.5. The van der Waals surface area contributed by atoms with Crippen molar-refractivity contribution < 1.29 is 23.9 Å². The van der Waals surface area contributed by atoms with Crippen LogP contribution in [0.5, 0.6) is 0 Å². The number of rotatable bonds is 6. The Hall–Kier alpha value is -1.80. The molecule has 0 heterocycles. The SMILES string of the molecule is CCOC(=O)CC1CC(C(=O)C(=Nc2ccc(F)c(Br)c2)NO)C1. The summed E-state index contributed by atoms with van der Waals surface area (Å²) in [7, 11) is 0. The van der Waals surface area contributed by atoms with E-state index in [1.807, 2.05) is 5.48 Å². The summed E-state index contributed by atoms with van der Waals surface area (Å²) < 4.78 is 18.3. The van der Waals surface area contributed by atoms with E-state index in [0.29, 0.717) is 31.6 Å². The predicted octanol–water partition coefficient (Wildman–Crippen LogP) is 3.15. The Morgan fingerprint density at radius 3 is 2.75 bits per heavy atom. The molecular weight excluding hydrogens is 383 g/mol. The van der Waals surface area contributed by atoms with Gasteiger partial charge in [-0.05, 0) is 59.8 Å². The van der Waals surface area contributed by atoms with Gasteiger partial charge in [0, 0.05) is 12.3 Å². The number of benzene rings is 1. The van der Waals surface area contributed by atoms with Crippen molar-refractivity contribution in [2.45, 2.75) is 26.2 Å². The van der Waals surface area contributed by atoms with Gasteiger partial charge in [0.2, 0.25) is 5.78 Å². The van der Waals surface area contributed by atoms with Gasteiger partial charge in [0.1, 0.15) is 5.82 Å². The van der Waals surface area contributed by atoms with Gasteiger partial charge in [-0.25, -0.2) is 14.9 Å². The lowest BCUT2D eigenvalue weighted by atomic mass is 9.71. The van der Waals surface area contributed by atoms with Crippen LogP contribution in [-0.4, -0.2) is 29.4 Å². The van der Waals surface area contributed by atoms with E-state index in [0.717, 1.165) is 0 Å². The fraction of sp³-hybridized carbons (Fsp3) is 0.438. The first-order chi connectivity index (χ1) is 11.4. The zero-order chi connectivity index (χ0) is 17.7. The lowest BCUT2D eigenvalue weighted by Crippen LogP contribution is -2.40. The van der Waals surface area contributed by atoms with Crippen LogP contribution in [0.25, 0.3) is 0 Å². The van der Waals surface area contributed by atoms with E-state index in [-0.39, 0.29) is 33.9 Å². The Bertz CT molecular complexity index is 659. The topological polar surface area (TPSA) is 88.0 Å². The van der Waals surface area contributed by atoms with E-state index in [1.165, 1.54) is 18.2 Å². The molecule has 6 nitrogen and oxygen atoms in total. The van der Waals surface area contributed by atoms with Crippen LogP contribution in [-0.2, 0) is 14.3 Å². The summed E-state index contributed by atoms with van der Waals surface area (Å²) >= 11 is 3.04. The van der Waals surface area contributed by atoms with E-state index < -0.39 is 5.82 Å². The number of hydrogen-bond acceptors (Lipinski definition) is 5. The lowest BCUT2D eigenvalue weighted by molar-refractivity contribution is -0.146. The quantitative estimate of drug-likeness (QED) is 0.331. The number of esters is 1. The number of carbonyl (C=O) groups excluding carboxylic acids is 2. The first-order valence-corrected chi connectivity index (χ1v) is 8.37. The van der Waals surface area contributed by atoms with Gasteiger partial charge in [0.15, 0.2) is 5.84 Å². The predicted molar refractivity (Wildman–Crippen MR) is 88.6 cm³/mol. The maximum atomic E-state index is 13.2. The zero-order valence-electron chi connectivity index (χ0n) is 13.1. The fourth-order valence-corrected chi connectivity index (χ4v) is 2.95. The Balaban J connectivity index is 1.96. The average molecular weight is 401 g/mol. The van der Waals surface area contributed by atoms with Crippen LogP contribution >= 0.6 is 15.9 Å². The van der Waals surface area contributed by atoms with Crippen LogP contribution in [0, 0.1) is 17.7 Å². The highest BCUT2D eigenvalue weighted by molar-refractivity contribution is 9.10. The van der Waals surface area contributed by atoms with E-state index >= 15 is 0 Å². The van der Waals surface area contributed by atoms with E-state index in [2.05, 4.69) is 20.9 Å². The molecule has 1 aliphatic rings. The second-order valence-corrected chi connectivity index (χ2v) is 6.43. The molecule has 1 aromatic rings. The van der Waals surface area contributed by atoms with E-state index in [1.54, 1.807) is 6.92 Å². The van der Waals surface area contributed by atoms with Crippen molar-refractivity contribution in [3.05, 3.63) is 28.5 Å². The number of carbonyl (C=O) groups is 2. The number of Topliss-reactive ketones (excluding diaryl/α,β-unsaturated/α-hetero) is 1. The Labute approximate surface area is 147 Å². The highest BCUT2D eigenvalue weighted by Gasteiger charge is 2.37. The monoisotopic (exact) mass is 400 g/mol. The number of aliphatic imine (C=N–C) groups is 1. The van der Waals surface area contributed by atoms with Gasteiger partial charge < -0.3 is 4.74 Å². The van der Waals surface area contributed by atoms with Gasteiger partial charge >= 0.3 is 5.97 Å². The molecule has 0 unspecified atom stereocenters. The molecule has 0 amide bonds. The third-order valence-electron chi connectivity index (χ3n) is 3.85. The summed E-state index contributed by atoms with van der Waals surface area (Å²) in [6, 6.07) is 4.01. The summed E-state index contributed by atoms with van der Waals surface area (Å²) in [5.41, 5.74) is 2.14. The molecule has 0 bridgehead atoms. The Kier molecular flexibility index (Phi) is 6.44. The van der Waals surface area contributed by atoms with Crippen molar-refractivity contribution in [1.82, 2.24) is 5.48 Å². The molecule has 1 aliphatic carbocycles. The van der Waals surface area contributed by atoms with Crippen molar-refractivity contribution in [3.8, 4) is 0 Å². The van der Waals surface area contributed by atoms with Gasteiger partial charge in [-0.15, -0.1) is 0 Å². The standard InChI is InChI=1S/C16H18BrFN2O4/c1-2-24-14(21)7-9-5-10(6-9)15(22)16(20-23)19-11-3-4-13(18)12(17)8-11/h3-4,8-10,23H,2,5-7H2,1H3,(H,19,20). The number of amidine groups is 1. The number of ketones is 1. The molecule has 2 N–H and O–H groups in total. The fourth-order valence-electron chi connectivity index (χ4n) is 2.58. The minimum atomic E-state index is -0.445. The molecule has 1 saturated carbocycles. The number of hydrogen-bond donors (Lipinski definition) is 2. The van der Waals surface area contributed by atoms with Crippen molar-refractivity contribution >= 4 is 39.2 Å². The van der Waals surface area contributed by atoms with Gasteiger partial charge in [-0.1, -0.05) is 0 Å². The molecule has 0 spiro atoms. The summed E-state index contributed by atoms with van der Waals surface area (Å²) in [5, 5.41) is 9.17. The number of ether oxygens (including phenoxy) is 1. The van der Waals surface area contributed by atoms with E-state index in [4.69, 9.17) is 9.94 Å². The maximum Gasteiger partial charge on any atom is 0.306 e. The summed E-state index contributed by atoms with van der Waals surface area (Å²) in [5.74, 6) is -1.44. The van der Waals surface area contributed by atoms with Gasteiger partial charge in [-0.3, -0.25) is 14.8 Å². The molecule has 24 heavy (non-hydrogen) atoms. The minimum absolute atomic E-state index is 0.109. The largest absolute Gasteiger partial charge is 0.466 e. The molecule has 0 aliphatic heterocycles. The molecule has 0 saturated heterocycles. The van der Waals surface area contributed by atoms with Crippen LogP contribution in [0.15, 0.2) is 27.7 Å². The molecule has 130 valence electrons. The van der Waals surface area contributed by atoms with Crippen molar-refractivity contribution in [1.29, 1.82) is 0 Å². The Morgan fingerprint density at radius 1 is 1.46 bits per heavy atom. The Morgan fingerprint density at radius 2 is 2.17 bits per heavy atom. The van der Waals surface area contributed by atoms with Crippen LogP contribution in [0.4, 0.5) is 10.1 Å². The van der Waals surface area contributed by atoms with Gasteiger partial charge in [0.05, 0.1) is 16.8 Å². The third kappa shape index (κ3) is 4.61. The number of halogens is 2. The van der Waals surface area contributed by atoms with Crippen molar-refractivity contribution in [3.63, 3.8) is 0 Å². The maximum absolute atomic E-state index is 13.2. The van der Waals surface area contributed by atoms with Crippen molar-refractivity contribution in [2.75, 3.05) is 6.61 Å². The molecule has 0 radical (unpaired) electrons. The molecule has 1 fully saturated rings. The van der Waals surface area contributed by atoms with Crippen LogP contribution < -0.4 is 5.48 Å². The van der Waals surface area contributed by atoms with Crippen LogP contribution in [0.3, 0.4) is 0 Å². The second-order valence-electron chi connectivity index (χ2n) is 5.58. The molecular formula is C16H18BrFN2O4. The van der Waals surface area contributed by atoms with Gasteiger partial charge in [-0.2, -0.15) is 0 Å². The normalized spacial score (nSPS) is 20.2. The van der Waals surface area contributed by atoms with Crippen molar-refractivity contribution in [2.24, 2.45) is 16.8 Å². The third-order valence-corrected chi connectivity index (χ3v) is 4.46. The minimum Gasteiger partial charge on any atom is -0.466 e. The van der Waals surface area contributed by atoms with E-state index in [9.17, 15) is 14.0 Å². The summed E-state index contributed by atoms with van der Waals surface area (Å²) in [4.78, 5) is 27.7. The highest BCUT2D eigenvalue weighted by Crippen LogP contribution is 2.37. The molecule has 8 heteroatoms. The smallest absolute Gasteiger partial charge is 0.306 e. The number of nitrogens with zero attached hydrogens (tertiary/aromatic N) is 1. The van der Waals surface area contributed by atoms with Crippen LogP contribution in [0.1, 0.15) is 26.2 Å². The average Bonchev–Trinajstić information content (AvgIpc) is 2.51. The van der Waals surface area contributed by atoms with Gasteiger partial charge in [0.25, 0.3) is 0 Å². The number of nitrogens with one attached hydrogen (secondary N) is 1. The lowest BCUT2D eigenvalue weighted by Gasteiger charge is -2.33. The van der Waals surface area contributed by atoms with Crippen LogP contribution in [0.2, 0.25) is 0 Å². The summed E-state index contributed by atoms with van der Waals surface area (Å²) in [6.07, 6.45) is 1.39. The molecule has 2 rings (SSSR count). The highest BCUT2D eigenvalue weighted by atomic mass is 79.9. The zero-order valence-corrected chi connectivity index (χ0v) is 14.7.